The maximum absolute atomic E-state index is 13.8. The van der Waals surface area contributed by atoms with Crippen LogP contribution in [-0.2, 0) is 24.5 Å². The molecule has 1 saturated heterocycles. The van der Waals surface area contributed by atoms with Gasteiger partial charge in [-0.2, -0.15) is 23.3 Å². The van der Waals surface area contributed by atoms with Crippen molar-refractivity contribution in [2.24, 2.45) is 7.05 Å². The fraction of sp³-hybridized carbons (Fsp3) is 0.308. The SMILES string of the molecule is COC1CCN(Cc2cc(Nc3nc4ncc(Oc5cnn6ccncc56)c(Cl)c4n3C)cc(C(F)(F)F)c2)C1. The first-order valence-electron chi connectivity index (χ1n) is 12.4. The smallest absolute Gasteiger partial charge is 0.416 e. The van der Waals surface area contributed by atoms with Crippen molar-refractivity contribution in [2.45, 2.75) is 25.2 Å². The molecule has 0 bridgehead atoms. The number of benzene rings is 1. The highest BCUT2D eigenvalue weighted by Gasteiger charge is 2.32. The van der Waals surface area contributed by atoms with Crippen LogP contribution in [0, 0.1) is 0 Å². The van der Waals surface area contributed by atoms with Gasteiger partial charge in [0.2, 0.25) is 5.95 Å². The molecular formula is C26H24ClF3N8O2. The largest absolute Gasteiger partial charge is 0.450 e. The summed E-state index contributed by atoms with van der Waals surface area (Å²) in [5.41, 5.74) is 1.42. The molecule has 1 aromatic carbocycles. The van der Waals surface area contributed by atoms with Gasteiger partial charge in [-0.3, -0.25) is 9.88 Å². The zero-order valence-electron chi connectivity index (χ0n) is 21.5. The quantitative estimate of drug-likeness (QED) is 0.275. The Labute approximate surface area is 231 Å². The van der Waals surface area contributed by atoms with Crippen molar-refractivity contribution in [3.8, 4) is 11.5 Å². The monoisotopic (exact) mass is 572 g/mol. The number of pyridine rings is 1. The van der Waals surface area contributed by atoms with E-state index in [-0.39, 0.29) is 28.5 Å². The van der Waals surface area contributed by atoms with E-state index in [2.05, 4.69) is 30.3 Å². The minimum absolute atomic E-state index is 0.0824. The minimum atomic E-state index is -4.51. The summed E-state index contributed by atoms with van der Waals surface area (Å²) in [4.78, 5) is 15.0. The molecule has 5 heterocycles. The Morgan fingerprint density at radius 2 is 2.00 bits per heavy atom. The van der Waals surface area contributed by atoms with E-state index in [4.69, 9.17) is 21.1 Å². The van der Waals surface area contributed by atoms with E-state index in [0.29, 0.717) is 41.1 Å². The van der Waals surface area contributed by atoms with Crippen LogP contribution in [0.3, 0.4) is 0 Å². The molecule has 5 aromatic rings. The first-order valence-corrected chi connectivity index (χ1v) is 12.8. The molecule has 10 nitrogen and oxygen atoms in total. The molecule has 1 N–H and O–H groups in total. The number of hydrogen-bond donors (Lipinski definition) is 1. The number of methoxy groups -OCH3 is 1. The lowest BCUT2D eigenvalue weighted by atomic mass is 10.1. The molecule has 0 amide bonds. The van der Waals surface area contributed by atoms with Crippen LogP contribution in [-0.4, -0.2) is 60.3 Å². The van der Waals surface area contributed by atoms with E-state index in [1.54, 1.807) is 47.9 Å². The van der Waals surface area contributed by atoms with Crippen molar-refractivity contribution in [1.29, 1.82) is 0 Å². The molecule has 1 fully saturated rings. The number of imidazole rings is 1. The van der Waals surface area contributed by atoms with E-state index >= 15 is 0 Å². The van der Waals surface area contributed by atoms with Gasteiger partial charge < -0.3 is 19.4 Å². The average molecular weight is 573 g/mol. The first kappa shape index (κ1) is 26.3. The fourth-order valence-electron chi connectivity index (χ4n) is 4.85. The normalized spacial score (nSPS) is 16.3. The van der Waals surface area contributed by atoms with Crippen molar-refractivity contribution in [2.75, 3.05) is 25.5 Å². The van der Waals surface area contributed by atoms with Crippen molar-refractivity contribution in [3.05, 3.63) is 65.3 Å². The lowest BCUT2D eigenvalue weighted by molar-refractivity contribution is -0.137. The molecule has 208 valence electrons. The number of nitrogens with one attached hydrogen (secondary N) is 1. The van der Waals surface area contributed by atoms with Gasteiger partial charge >= 0.3 is 6.18 Å². The third-order valence-electron chi connectivity index (χ3n) is 6.86. The molecule has 6 rings (SSSR count). The Morgan fingerprint density at radius 1 is 1.15 bits per heavy atom. The van der Waals surface area contributed by atoms with Gasteiger partial charge in [-0.05, 0) is 30.2 Å². The second-order valence-electron chi connectivity index (χ2n) is 9.54. The molecule has 0 aliphatic carbocycles. The van der Waals surface area contributed by atoms with Crippen molar-refractivity contribution in [1.82, 2.24) is 34.0 Å². The molecular weight excluding hydrogens is 549 g/mol. The lowest BCUT2D eigenvalue weighted by Crippen LogP contribution is -2.22. The molecule has 1 aliphatic heterocycles. The zero-order chi connectivity index (χ0) is 28.0. The number of aryl methyl sites for hydroxylation is 1. The average Bonchev–Trinajstić information content (AvgIpc) is 3.63. The minimum Gasteiger partial charge on any atom is -0.450 e. The summed E-state index contributed by atoms with van der Waals surface area (Å²) >= 11 is 6.70. The highest BCUT2D eigenvalue weighted by atomic mass is 35.5. The Morgan fingerprint density at radius 3 is 2.77 bits per heavy atom. The number of ether oxygens (including phenoxy) is 2. The maximum Gasteiger partial charge on any atom is 0.416 e. The van der Waals surface area contributed by atoms with Gasteiger partial charge in [-0.1, -0.05) is 11.6 Å². The molecule has 40 heavy (non-hydrogen) atoms. The molecule has 0 saturated carbocycles. The van der Waals surface area contributed by atoms with Gasteiger partial charge in [0, 0.05) is 51.9 Å². The number of hydrogen-bond acceptors (Lipinski definition) is 8. The van der Waals surface area contributed by atoms with Gasteiger partial charge in [-0.25, -0.2) is 9.50 Å². The first-order chi connectivity index (χ1) is 19.2. The number of aromatic nitrogens is 6. The molecule has 14 heteroatoms. The zero-order valence-corrected chi connectivity index (χ0v) is 22.2. The van der Waals surface area contributed by atoms with Crippen LogP contribution < -0.4 is 10.1 Å². The summed E-state index contributed by atoms with van der Waals surface area (Å²) in [5, 5.41) is 7.48. The van der Waals surface area contributed by atoms with Gasteiger partial charge in [0.1, 0.15) is 16.1 Å². The van der Waals surface area contributed by atoms with Crippen LogP contribution in [0.15, 0.2) is 49.2 Å². The van der Waals surface area contributed by atoms with E-state index in [9.17, 15) is 13.2 Å². The molecule has 0 radical (unpaired) electrons. The standard InChI is InChI=1S/C26H24ClF3N8O2/c1-36-23-22(27)21(40-20-12-33-38-6-4-31-10-19(20)38)11-32-24(23)35-25(36)34-17-8-15(7-16(9-17)26(28,29)30)13-37-5-3-18(14-37)39-2/h4,6-12,18H,3,5,13-14H2,1-2H3,(H,32,34,35). The number of halogens is 4. The Balaban J connectivity index is 1.30. The number of anilines is 2. The van der Waals surface area contributed by atoms with Crippen LogP contribution in [0.25, 0.3) is 16.7 Å². The third kappa shape index (κ3) is 5.03. The summed E-state index contributed by atoms with van der Waals surface area (Å²) in [6, 6.07) is 3.93. The van der Waals surface area contributed by atoms with Crippen LogP contribution in [0.5, 0.6) is 11.5 Å². The Kier molecular flexibility index (Phi) is 6.72. The van der Waals surface area contributed by atoms with E-state index in [1.165, 1.54) is 18.5 Å². The number of rotatable bonds is 7. The predicted octanol–water partition coefficient (Wildman–Crippen LogP) is 5.44. The second-order valence-corrected chi connectivity index (χ2v) is 9.92. The van der Waals surface area contributed by atoms with Gasteiger partial charge in [-0.15, -0.1) is 0 Å². The van der Waals surface area contributed by atoms with Crippen LogP contribution in [0.4, 0.5) is 24.8 Å². The van der Waals surface area contributed by atoms with Gasteiger partial charge in [0.05, 0.1) is 30.3 Å². The molecule has 1 atom stereocenters. The highest BCUT2D eigenvalue weighted by molar-refractivity contribution is 6.36. The summed E-state index contributed by atoms with van der Waals surface area (Å²) in [6.07, 6.45) is 4.29. The second kappa shape index (κ2) is 10.2. The van der Waals surface area contributed by atoms with E-state index in [1.807, 2.05) is 0 Å². The summed E-state index contributed by atoms with van der Waals surface area (Å²) in [5.74, 6) is 0.972. The van der Waals surface area contributed by atoms with Gasteiger partial charge in [0.15, 0.2) is 17.1 Å². The van der Waals surface area contributed by atoms with E-state index in [0.717, 1.165) is 19.0 Å². The number of nitrogens with zero attached hydrogens (tertiary/aromatic N) is 7. The maximum atomic E-state index is 13.8. The fourth-order valence-corrected chi connectivity index (χ4v) is 5.14. The van der Waals surface area contributed by atoms with Crippen LogP contribution >= 0.6 is 11.6 Å². The number of likely N-dealkylation sites (tertiary alicyclic amines) is 1. The summed E-state index contributed by atoms with van der Waals surface area (Å²) < 4.78 is 55.9. The van der Waals surface area contributed by atoms with Crippen LogP contribution in [0.1, 0.15) is 17.5 Å². The lowest BCUT2D eigenvalue weighted by Gasteiger charge is -2.18. The van der Waals surface area contributed by atoms with Crippen molar-refractivity contribution < 1.29 is 22.6 Å². The van der Waals surface area contributed by atoms with Crippen molar-refractivity contribution in [3.63, 3.8) is 0 Å². The Bertz CT molecular complexity index is 1700. The third-order valence-corrected chi connectivity index (χ3v) is 7.22. The molecule has 1 aliphatic rings. The van der Waals surface area contributed by atoms with Gasteiger partial charge in [0.25, 0.3) is 0 Å². The van der Waals surface area contributed by atoms with Crippen molar-refractivity contribution >= 4 is 39.9 Å². The molecule has 0 spiro atoms. The number of fused-ring (bicyclic) bond motifs is 2. The number of alkyl halides is 3. The Hall–Kier alpha value is -3.94. The summed E-state index contributed by atoms with van der Waals surface area (Å²) in [6.45, 7) is 1.79. The summed E-state index contributed by atoms with van der Waals surface area (Å²) in [7, 11) is 3.34. The topological polar surface area (TPSA) is 94.6 Å². The van der Waals surface area contributed by atoms with E-state index < -0.39 is 11.7 Å². The predicted molar refractivity (Wildman–Crippen MR) is 142 cm³/mol. The molecule has 1 unspecified atom stereocenters. The van der Waals surface area contributed by atoms with Crippen LogP contribution in [0.2, 0.25) is 5.02 Å². The highest BCUT2D eigenvalue weighted by Crippen LogP contribution is 2.37. The molecule has 4 aromatic heterocycles.